The maximum atomic E-state index is 13.1. The lowest BCUT2D eigenvalue weighted by Crippen LogP contribution is -2.42. The third-order valence-corrected chi connectivity index (χ3v) is 3.83. The van der Waals surface area contributed by atoms with Crippen LogP contribution in [0.2, 0.25) is 0 Å². The van der Waals surface area contributed by atoms with Gasteiger partial charge in [0, 0.05) is 26.7 Å². The van der Waals surface area contributed by atoms with Crippen LogP contribution in [0, 0.1) is 12.7 Å². The van der Waals surface area contributed by atoms with Crippen LogP contribution in [-0.4, -0.2) is 50.6 Å². The van der Waals surface area contributed by atoms with E-state index in [1.54, 1.807) is 13.1 Å². The normalized spacial score (nSPS) is 11.3. The lowest BCUT2D eigenvalue weighted by molar-refractivity contribution is 0.308. The third kappa shape index (κ3) is 8.50. The van der Waals surface area contributed by atoms with Crippen molar-refractivity contribution < 1.29 is 4.39 Å². The van der Waals surface area contributed by atoms with E-state index in [1.165, 1.54) is 6.07 Å². The summed E-state index contributed by atoms with van der Waals surface area (Å²) in [5.41, 5.74) is 2.15. The molecule has 0 atom stereocenters. The lowest BCUT2D eigenvalue weighted by atomic mass is 10.1. The first kappa shape index (κ1) is 22.1. The van der Waals surface area contributed by atoms with Gasteiger partial charge in [0.05, 0.1) is 0 Å². The highest BCUT2D eigenvalue weighted by Gasteiger charge is 2.03. The van der Waals surface area contributed by atoms with Gasteiger partial charge < -0.3 is 15.5 Å². The van der Waals surface area contributed by atoms with Crippen molar-refractivity contribution in [3.8, 4) is 0 Å². The van der Waals surface area contributed by atoms with Gasteiger partial charge in [-0.15, -0.1) is 24.0 Å². The molecular weight excluding hydrogens is 406 g/mol. The Hall–Kier alpha value is -0.890. The van der Waals surface area contributed by atoms with Crippen molar-refractivity contribution >= 4 is 29.9 Å². The molecule has 2 N–H and O–H groups in total. The van der Waals surface area contributed by atoms with Gasteiger partial charge in [-0.1, -0.05) is 19.9 Å². The van der Waals surface area contributed by atoms with Gasteiger partial charge in [0.25, 0.3) is 0 Å². The fraction of sp³-hybridized carbons (Fsp3) is 0.588. The van der Waals surface area contributed by atoms with Gasteiger partial charge in [0.2, 0.25) is 0 Å². The molecule has 0 spiro atoms. The fourth-order valence-corrected chi connectivity index (χ4v) is 2.35. The first-order valence-corrected chi connectivity index (χ1v) is 8.02. The highest BCUT2D eigenvalue weighted by atomic mass is 127. The van der Waals surface area contributed by atoms with E-state index in [2.05, 4.69) is 34.4 Å². The molecule has 1 aromatic rings. The van der Waals surface area contributed by atoms with Crippen LogP contribution in [0.25, 0.3) is 0 Å². The molecule has 0 fully saturated rings. The second kappa shape index (κ2) is 12.5. The Morgan fingerprint density at radius 3 is 2.39 bits per heavy atom. The molecule has 0 amide bonds. The summed E-state index contributed by atoms with van der Waals surface area (Å²) in [5.74, 6) is 0.634. The molecule has 0 aromatic heterocycles. The second-order valence-electron chi connectivity index (χ2n) is 5.27. The Bertz CT molecular complexity index is 476. The molecule has 0 heterocycles. The number of hydrogen-bond acceptors (Lipinski definition) is 2. The smallest absolute Gasteiger partial charge is 0.191 e. The van der Waals surface area contributed by atoms with Crippen molar-refractivity contribution in [1.29, 1.82) is 0 Å². The van der Waals surface area contributed by atoms with Crippen molar-refractivity contribution in [3.05, 3.63) is 35.1 Å². The largest absolute Gasteiger partial charge is 0.356 e. The summed E-state index contributed by atoms with van der Waals surface area (Å²) in [4.78, 5) is 6.58. The number of benzene rings is 1. The maximum absolute atomic E-state index is 13.1. The molecule has 4 nitrogen and oxygen atoms in total. The van der Waals surface area contributed by atoms with Crippen LogP contribution in [0.5, 0.6) is 0 Å². The quantitative estimate of drug-likeness (QED) is 0.374. The molecule has 1 aromatic carbocycles. The van der Waals surface area contributed by atoms with Crippen LogP contribution >= 0.6 is 24.0 Å². The van der Waals surface area contributed by atoms with Crippen molar-refractivity contribution in [3.63, 3.8) is 0 Å². The average molecular weight is 436 g/mol. The number of rotatable bonds is 8. The van der Waals surface area contributed by atoms with Gasteiger partial charge in [-0.2, -0.15) is 0 Å². The highest BCUT2D eigenvalue weighted by molar-refractivity contribution is 14.0. The van der Waals surface area contributed by atoms with E-state index in [-0.39, 0.29) is 29.8 Å². The SMILES string of the molecule is CCN(CC)CCNC(=NC)NCCc1ccc(F)cc1C.I. The number of halogens is 2. The minimum atomic E-state index is -0.178. The van der Waals surface area contributed by atoms with Crippen LogP contribution < -0.4 is 10.6 Å². The molecule has 6 heteroatoms. The number of likely N-dealkylation sites (N-methyl/N-ethyl adjacent to an activating group) is 1. The Labute approximate surface area is 157 Å². The maximum Gasteiger partial charge on any atom is 0.191 e. The minimum absolute atomic E-state index is 0. The monoisotopic (exact) mass is 436 g/mol. The van der Waals surface area contributed by atoms with E-state index >= 15 is 0 Å². The zero-order valence-electron chi connectivity index (χ0n) is 14.7. The third-order valence-electron chi connectivity index (χ3n) is 3.83. The van der Waals surface area contributed by atoms with E-state index < -0.39 is 0 Å². The molecule has 0 aliphatic carbocycles. The Kier molecular flexibility index (Phi) is 12.0. The van der Waals surface area contributed by atoms with Gasteiger partial charge in [-0.3, -0.25) is 4.99 Å². The van der Waals surface area contributed by atoms with E-state index in [4.69, 9.17) is 0 Å². The molecule has 23 heavy (non-hydrogen) atoms. The average Bonchev–Trinajstić information content (AvgIpc) is 2.51. The van der Waals surface area contributed by atoms with Crippen LogP contribution in [0.3, 0.4) is 0 Å². The zero-order chi connectivity index (χ0) is 16.4. The van der Waals surface area contributed by atoms with Crippen LogP contribution in [0.1, 0.15) is 25.0 Å². The summed E-state index contributed by atoms with van der Waals surface area (Å²) >= 11 is 0. The van der Waals surface area contributed by atoms with E-state index in [1.807, 2.05) is 13.0 Å². The predicted molar refractivity (Wildman–Crippen MR) is 107 cm³/mol. The van der Waals surface area contributed by atoms with E-state index in [0.29, 0.717) is 0 Å². The van der Waals surface area contributed by atoms with E-state index in [0.717, 1.165) is 56.2 Å². The summed E-state index contributed by atoms with van der Waals surface area (Å²) in [5, 5.41) is 6.61. The van der Waals surface area contributed by atoms with Gasteiger partial charge >= 0.3 is 0 Å². The first-order valence-electron chi connectivity index (χ1n) is 8.02. The Balaban J connectivity index is 0.00000484. The van der Waals surface area contributed by atoms with Crippen LogP contribution in [0.4, 0.5) is 4.39 Å². The minimum Gasteiger partial charge on any atom is -0.356 e. The number of aryl methyl sites for hydroxylation is 1. The topological polar surface area (TPSA) is 39.7 Å². The molecule has 0 saturated carbocycles. The number of guanidine groups is 1. The molecule has 0 saturated heterocycles. The summed E-state index contributed by atoms with van der Waals surface area (Å²) in [7, 11) is 1.77. The summed E-state index contributed by atoms with van der Waals surface area (Å²) < 4.78 is 13.1. The Morgan fingerprint density at radius 1 is 1.17 bits per heavy atom. The van der Waals surface area contributed by atoms with Crippen molar-refractivity contribution in [2.75, 3.05) is 39.8 Å². The summed E-state index contributed by atoms with van der Waals surface area (Å²) in [6, 6.07) is 4.94. The molecule has 0 unspecified atom stereocenters. The first-order chi connectivity index (χ1) is 10.6. The van der Waals surface area contributed by atoms with Gasteiger partial charge in [-0.05, 0) is 49.7 Å². The van der Waals surface area contributed by atoms with Crippen molar-refractivity contribution in [1.82, 2.24) is 15.5 Å². The summed E-state index contributed by atoms with van der Waals surface area (Å²) in [6.07, 6.45) is 0.850. The van der Waals surface area contributed by atoms with Gasteiger partial charge in [0.1, 0.15) is 5.82 Å². The molecule has 0 aliphatic heterocycles. The van der Waals surface area contributed by atoms with Crippen molar-refractivity contribution in [2.24, 2.45) is 4.99 Å². The molecule has 132 valence electrons. The number of nitrogens with zero attached hydrogens (tertiary/aromatic N) is 2. The number of nitrogens with one attached hydrogen (secondary N) is 2. The molecule has 0 aliphatic rings. The van der Waals surface area contributed by atoms with Crippen LogP contribution in [0.15, 0.2) is 23.2 Å². The van der Waals surface area contributed by atoms with Crippen molar-refractivity contribution in [2.45, 2.75) is 27.2 Å². The lowest BCUT2D eigenvalue weighted by Gasteiger charge is -2.19. The number of aliphatic imine (C=N–C) groups is 1. The molecular formula is C17H30FIN4. The second-order valence-corrected chi connectivity index (χ2v) is 5.27. The van der Waals surface area contributed by atoms with Crippen LogP contribution in [-0.2, 0) is 6.42 Å². The predicted octanol–water partition coefficient (Wildman–Crippen LogP) is 2.80. The highest BCUT2D eigenvalue weighted by Crippen LogP contribution is 2.10. The fourth-order valence-electron chi connectivity index (χ4n) is 2.35. The zero-order valence-corrected chi connectivity index (χ0v) is 17.0. The molecule has 0 radical (unpaired) electrons. The molecule has 0 bridgehead atoms. The molecule has 1 rings (SSSR count). The van der Waals surface area contributed by atoms with E-state index in [9.17, 15) is 4.39 Å². The number of hydrogen-bond donors (Lipinski definition) is 2. The summed E-state index contributed by atoms with van der Waals surface area (Å²) in [6.45, 7) is 11.1. The van der Waals surface area contributed by atoms with Gasteiger partial charge in [-0.25, -0.2) is 4.39 Å². The van der Waals surface area contributed by atoms with Gasteiger partial charge in [0.15, 0.2) is 5.96 Å². The Morgan fingerprint density at radius 2 is 1.83 bits per heavy atom. The standard InChI is InChI=1S/C17H29FN4.HI/c1-5-22(6-2)12-11-21-17(19-4)20-10-9-15-7-8-16(18)13-14(15)3;/h7-8,13H,5-6,9-12H2,1-4H3,(H2,19,20,21);1H.